The normalized spacial score (nSPS) is 20.7. The third-order valence-corrected chi connectivity index (χ3v) is 7.79. The fraction of sp³-hybridized carbons (Fsp3) is 0.438. The fourth-order valence-electron chi connectivity index (χ4n) is 2.97. The molecule has 24 heavy (non-hydrogen) atoms. The van der Waals surface area contributed by atoms with Gasteiger partial charge in [-0.15, -0.1) is 11.3 Å². The summed E-state index contributed by atoms with van der Waals surface area (Å²) < 4.78 is 32.9. The molecule has 0 amide bonds. The van der Waals surface area contributed by atoms with Crippen LogP contribution in [0.3, 0.4) is 0 Å². The standard InChI is InChI=1S/C16H20N2O3S3/c1-21-12-5-7-13(8-6-12)24(19,20)18-10-3-2-4-14(18)15(22)16-17-9-11-23-16/h5-9,11,14-15,22H,2-4,10H2,1H3. The molecule has 0 N–H and O–H groups in total. The van der Waals surface area contributed by atoms with Crippen LogP contribution in [0.1, 0.15) is 29.5 Å². The highest BCUT2D eigenvalue weighted by Crippen LogP contribution is 2.37. The van der Waals surface area contributed by atoms with Gasteiger partial charge in [0.2, 0.25) is 10.0 Å². The van der Waals surface area contributed by atoms with E-state index in [4.69, 9.17) is 4.74 Å². The maximum Gasteiger partial charge on any atom is 0.243 e. The Kier molecular flexibility index (Phi) is 5.49. The Morgan fingerprint density at radius 1 is 1.33 bits per heavy atom. The zero-order valence-electron chi connectivity index (χ0n) is 13.3. The van der Waals surface area contributed by atoms with Crippen LogP contribution in [0.25, 0.3) is 0 Å². The third-order valence-electron chi connectivity index (χ3n) is 4.23. The van der Waals surface area contributed by atoms with E-state index in [0.717, 1.165) is 24.3 Å². The van der Waals surface area contributed by atoms with E-state index < -0.39 is 10.0 Å². The van der Waals surface area contributed by atoms with E-state index in [1.807, 2.05) is 5.38 Å². The van der Waals surface area contributed by atoms with Gasteiger partial charge >= 0.3 is 0 Å². The largest absolute Gasteiger partial charge is 0.497 e. The number of thiazole rings is 1. The topological polar surface area (TPSA) is 59.5 Å². The van der Waals surface area contributed by atoms with Gasteiger partial charge < -0.3 is 4.74 Å². The number of methoxy groups -OCH3 is 1. The second-order valence-corrected chi connectivity index (χ2v) is 9.04. The number of aromatic nitrogens is 1. The van der Waals surface area contributed by atoms with E-state index in [9.17, 15) is 8.42 Å². The Bertz CT molecular complexity index is 760. The number of hydrogen-bond donors (Lipinski definition) is 1. The van der Waals surface area contributed by atoms with Crippen LogP contribution in [0.2, 0.25) is 0 Å². The van der Waals surface area contributed by atoms with Gasteiger partial charge in [-0.3, -0.25) is 0 Å². The Labute approximate surface area is 152 Å². The van der Waals surface area contributed by atoms with Gasteiger partial charge in [-0.2, -0.15) is 16.9 Å². The van der Waals surface area contributed by atoms with Gasteiger partial charge in [-0.1, -0.05) is 6.42 Å². The van der Waals surface area contributed by atoms with Crippen molar-refractivity contribution in [3.63, 3.8) is 0 Å². The van der Waals surface area contributed by atoms with Crippen LogP contribution in [0, 0.1) is 0 Å². The van der Waals surface area contributed by atoms with Gasteiger partial charge in [0.25, 0.3) is 0 Å². The number of hydrogen-bond acceptors (Lipinski definition) is 6. The van der Waals surface area contributed by atoms with Gasteiger partial charge in [0.05, 0.1) is 17.3 Å². The maximum atomic E-state index is 13.1. The zero-order chi connectivity index (χ0) is 17.2. The third kappa shape index (κ3) is 3.46. The van der Waals surface area contributed by atoms with Crippen LogP contribution >= 0.6 is 24.0 Å². The Morgan fingerprint density at radius 2 is 2.08 bits per heavy atom. The number of thiol groups is 1. The molecule has 130 valence electrons. The van der Waals surface area contributed by atoms with Gasteiger partial charge in [0.1, 0.15) is 10.8 Å². The highest BCUT2D eigenvalue weighted by Gasteiger charge is 2.38. The van der Waals surface area contributed by atoms with E-state index in [2.05, 4.69) is 17.6 Å². The van der Waals surface area contributed by atoms with Crippen LogP contribution in [0.4, 0.5) is 0 Å². The maximum absolute atomic E-state index is 13.1. The van der Waals surface area contributed by atoms with Crippen LogP contribution in [-0.4, -0.2) is 37.4 Å². The molecule has 0 saturated carbocycles. The molecular formula is C16H20N2O3S3. The minimum Gasteiger partial charge on any atom is -0.497 e. The van der Waals surface area contributed by atoms with Crippen molar-refractivity contribution in [2.75, 3.05) is 13.7 Å². The zero-order valence-corrected chi connectivity index (χ0v) is 15.9. The summed E-state index contributed by atoms with van der Waals surface area (Å²) in [4.78, 5) is 4.59. The molecule has 1 aliphatic rings. The average molecular weight is 385 g/mol. The second kappa shape index (κ2) is 7.43. The lowest BCUT2D eigenvalue weighted by molar-refractivity contribution is 0.248. The van der Waals surface area contributed by atoms with E-state index in [1.165, 1.54) is 11.3 Å². The lowest BCUT2D eigenvalue weighted by Crippen LogP contribution is -2.45. The van der Waals surface area contributed by atoms with Gasteiger partial charge in [0.15, 0.2) is 0 Å². The summed E-state index contributed by atoms with van der Waals surface area (Å²) >= 11 is 6.20. The van der Waals surface area contributed by atoms with Crippen molar-refractivity contribution in [2.45, 2.75) is 35.4 Å². The van der Waals surface area contributed by atoms with Crippen molar-refractivity contribution in [3.05, 3.63) is 40.8 Å². The Balaban J connectivity index is 1.91. The van der Waals surface area contributed by atoms with Crippen molar-refractivity contribution >= 4 is 34.0 Å². The quantitative estimate of drug-likeness (QED) is 0.803. The summed E-state index contributed by atoms with van der Waals surface area (Å²) in [5, 5.41) is 2.54. The van der Waals surface area contributed by atoms with Crippen molar-refractivity contribution in [1.82, 2.24) is 9.29 Å². The molecule has 2 aromatic rings. The molecule has 1 aromatic heterocycles. The van der Waals surface area contributed by atoms with Crippen LogP contribution in [0.5, 0.6) is 5.75 Å². The van der Waals surface area contributed by atoms with Gasteiger partial charge in [0, 0.05) is 24.2 Å². The Morgan fingerprint density at radius 3 is 2.71 bits per heavy atom. The summed E-state index contributed by atoms with van der Waals surface area (Å²) in [6.07, 6.45) is 4.39. The van der Waals surface area contributed by atoms with Crippen LogP contribution in [0.15, 0.2) is 40.7 Å². The van der Waals surface area contributed by atoms with E-state index in [-0.39, 0.29) is 16.2 Å². The van der Waals surface area contributed by atoms with Crippen molar-refractivity contribution in [3.8, 4) is 5.75 Å². The molecule has 1 aromatic carbocycles. The number of sulfonamides is 1. The molecule has 5 nitrogen and oxygen atoms in total. The summed E-state index contributed by atoms with van der Waals surface area (Å²) in [6.45, 7) is 0.515. The first-order valence-corrected chi connectivity index (χ1v) is 10.6. The predicted octanol–water partition coefficient (Wildman–Crippen LogP) is 3.37. The molecular weight excluding hydrogens is 364 g/mol. The molecule has 1 saturated heterocycles. The summed E-state index contributed by atoms with van der Waals surface area (Å²) in [7, 11) is -2.01. The SMILES string of the molecule is COc1ccc(S(=O)(=O)N2CCCCC2C(S)c2nccs2)cc1. The molecule has 2 atom stereocenters. The predicted molar refractivity (Wildman–Crippen MR) is 98.4 cm³/mol. The molecule has 2 heterocycles. The highest BCUT2D eigenvalue weighted by atomic mass is 32.2. The van der Waals surface area contributed by atoms with Crippen LogP contribution < -0.4 is 4.74 Å². The Hall–Kier alpha value is -1.09. The summed E-state index contributed by atoms with van der Waals surface area (Å²) in [5.74, 6) is 0.638. The molecule has 0 spiro atoms. The molecule has 8 heteroatoms. The summed E-state index contributed by atoms with van der Waals surface area (Å²) in [5.41, 5.74) is 0. The molecule has 1 fully saturated rings. The molecule has 0 radical (unpaired) electrons. The first-order chi connectivity index (χ1) is 11.5. The van der Waals surface area contributed by atoms with E-state index in [1.54, 1.807) is 41.9 Å². The lowest BCUT2D eigenvalue weighted by atomic mass is 10.0. The highest BCUT2D eigenvalue weighted by molar-refractivity contribution is 7.89. The number of benzene rings is 1. The molecule has 2 unspecified atom stereocenters. The van der Waals surface area contributed by atoms with E-state index >= 15 is 0 Å². The fourth-order valence-corrected chi connectivity index (χ4v) is 6.01. The average Bonchev–Trinajstić information content (AvgIpc) is 3.16. The molecule has 3 rings (SSSR count). The summed E-state index contributed by atoms with van der Waals surface area (Å²) in [6, 6.07) is 6.35. The van der Waals surface area contributed by atoms with Crippen molar-refractivity contribution < 1.29 is 13.2 Å². The minimum atomic E-state index is -3.57. The smallest absolute Gasteiger partial charge is 0.243 e. The number of piperidine rings is 1. The van der Waals surface area contributed by atoms with Gasteiger partial charge in [-0.05, 0) is 37.1 Å². The van der Waals surface area contributed by atoms with Crippen LogP contribution in [-0.2, 0) is 10.0 Å². The first kappa shape index (κ1) is 17.7. The molecule has 0 bridgehead atoms. The monoisotopic (exact) mass is 384 g/mol. The number of nitrogens with zero attached hydrogens (tertiary/aromatic N) is 2. The number of ether oxygens (including phenoxy) is 1. The molecule has 0 aliphatic carbocycles. The van der Waals surface area contributed by atoms with E-state index in [0.29, 0.717) is 12.3 Å². The second-order valence-electron chi connectivity index (χ2n) is 5.67. The lowest BCUT2D eigenvalue weighted by Gasteiger charge is -2.37. The van der Waals surface area contributed by atoms with Crippen molar-refractivity contribution in [1.29, 1.82) is 0 Å². The molecule has 1 aliphatic heterocycles. The van der Waals surface area contributed by atoms with Gasteiger partial charge in [-0.25, -0.2) is 13.4 Å². The van der Waals surface area contributed by atoms with Crippen molar-refractivity contribution in [2.24, 2.45) is 0 Å². The minimum absolute atomic E-state index is 0.180. The number of rotatable bonds is 5. The first-order valence-electron chi connectivity index (χ1n) is 7.77.